The number of hydrogen-bond acceptors (Lipinski definition) is 4. The molecule has 0 aliphatic carbocycles. The van der Waals surface area contributed by atoms with E-state index in [1.54, 1.807) is 19.5 Å². The van der Waals surface area contributed by atoms with Crippen LogP contribution in [0.15, 0.2) is 12.4 Å². The Morgan fingerprint density at radius 1 is 1.80 bits per heavy atom. The lowest BCUT2D eigenvalue weighted by Gasteiger charge is -2.10. The predicted octanol–water partition coefficient (Wildman–Crippen LogP) is -0.610. The van der Waals surface area contributed by atoms with Crippen LogP contribution in [0.25, 0.3) is 0 Å². The minimum absolute atomic E-state index is 0.191. The van der Waals surface area contributed by atoms with Crippen LogP contribution in [-0.4, -0.2) is 35.6 Å². The Hall–Kier alpha value is -1.40. The zero-order valence-electron chi connectivity index (χ0n) is 8.69. The number of methoxy groups -OCH3 is 1. The van der Waals surface area contributed by atoms with E-state index in [0.717, 1.165) is 0 Å². The van der Waals surface area contributed by atoms with E-state index >= 15 is 0 Å². The van der Waals surface area contributed by atoms with Crippen LogP contribution in [0.2, 0.25) is 0 Å². The predicted molar refractivity (Wildman–Crippen MR) is 54.9 cm³/mol. The fourth-order valence-electron chi connectivity index (χ4n) is 1.07. The molecule has 0 fully saturated rings. The molecule has 0 bridgehead atoms. The molecule has 6 nitrogen and oxygen atoms in total. The van der Waals surface area contributed by atoms with Crippen LogP contribution in [0, 0.1) is 0 Å². The van der Waals surface area contributed by atoms with Gasteiger partial charge in [-0.25, -0.2) is 4.98 Å². The zero-order valence-corrected chi connectivity index (χ0v) is 8.69. The van der Waals surface area contributed by atoms with Crippen molar-refractivity contribution < 1.29 is 9.53 Å². The third-order valence-corrected chi connectivity index (χ3v) is 1.95. The zero-order chi connectivity index (χ0) is 11.1. The number of amides is 1. The average molecular weight is 212 g/mol. The molecule has 1 rings (SSSR count). The van der Waals surface area contributed by atoms with Crippen molar-refractivity contribution in [3.8, 4) is 0 Å². The Morgan fingerprint density at radius 3 is 3.20 bits per heavy atom. The number of imidazole rings is 1. The van der Waals surface area contributed by atoms with Gasteiger partial charge in [-0.05, 0) is 6.42 Å². The molecule has 15 heavy (non-hydrogen) atoms. The molecule has 0 aromatic carbocycles. The van der Waals surface area contributed by atoms with Crippen LogP contribution < -0.4 is 11.1 Å². The Bertz CT molecular complexity index is 286. The van der Waals surface area contributed by atoms with E-state index in [0.29, 0.717) is 25.4 Å². The van der Waals surface area contributed by atoms with Crippen LogP contribution in [0.5, 0.6) is 0 Å². The third kappa shape index (κ3) is 4.09. The van der Waals surface area contributed by atoms with E-state index in [1.807, 2.05) is 0 Å². The summed E-state index contributed by atoms with van der Waals surface area (Å²) in [4.78, 5) is 18.3. The molecule has 0 saturated carbocycles. The first-order valence-electron chi connectivity index (χ1n) is 4.74. The van der Waals surface area contributed by atoms with Gasteiger partial charge in [0.05, 0.1) is 12.6 Å². The third-order valence-electron chi connectivity index (χ3n) is 1.95. The lowest BCUT2D eigenvalue weighted by Crippen LogP contribution is -2.41. The normalized spacial score (nSPS) is 12.4. The number of H-pyrrole nitrogens is 1. The fourth-order valence-corrected chi connectivity index (χ4v) is 1.07. The van der Waals surface area contributed by atoms with Gasteiger partial charge < -0.3 is 20.8 Å². The number of nitrogens with one attached hydrogen (secondary N) is 2. The Labute approximate surface area is 88.2 Å². The second kappa shape index (κ2) is 6.15. The van der Waals surface area contributed by atoms with Gasteiger partial charge in [0, 0.05) is 26.1 Å². The van der Waals surface area contributed by atoms with Gasteiger partial charge in [0.1, 0.15) is 5.82 Å². The van der Waals surface area contributed by atoms with Crippen LogP contribution in [0.1, 0.15) is 12.2 Å². The topological polar surface area (TPSA) is 93.0 Å². The Morgan fingerprint density at radius 2 is 2.60 bits per heavy atom. The van der Waals surface area contributed by atoms with Gasteiger partial charge in [-0.1, -0.05) is 0 Å². The van der Waals surface area contributed by atoms with Gasteiger partial charge in [0.25, 0.3) is 0 Å². The van der Waals surface area contributed by atoms with Gasteiger partial charge in [0.2, 0.25) is 5.91 Å². The molecule has 1 aromatic rings. The first-order chi connectivity index (χ1) is 7.24. The average Bonchev–Trinajstić information content (AvgIpc) is 2.75. The summed E-state index contributed by atoms with van der Waals surface area (Å²) in [6.07, 6.45) is 3.85. The molecule has 0 saturated heterocycles. The van der Waals surface area contributed by atoms with E-state index in [9.17, 15) is 4.79 Å². The van der Waals surface area contributed by atoms with Gasteiger partial charge in [-0.3, -0.25) is 4.79 Å². The number of ether oxygens (including phenoxy) is 1. The number of nitrogens with two attached hydrogens (primary N) is 1. The van der Waals surface area contributed by atoms with Crippen molar-refractivity contribution >= 4 is 5.91 Å². The van der Waals surface area contributed by atoms with E-state index in [-0.39, 0.29) is 5.91 Å². The van der Waals surface area contributed by atoms with Gasteiger partial charge in [0.15, 0.2) is 0 Å². The van der Waals surface area contributed by atoms with Crippen molar-refractivity contribution in [3.05, 3.63) is 18.2 Å². The van der Waals surface area contributed by atoms with Crippen molar-refractivity contribution in [2.45, 2.75) is 19.0 Å². The summed E-state index contributed by atoms with van der Waals surface area (Å²) in [5.74, 6) is 0.519. The lowest BCUT2D eigenvalue weighted by molar-refractivity contribution is -0.122. The minimum Gasteiger partial charge on any atom is -0.385 e. The maximum Gasteiger partial charge on any atom is 0.237 e. The molecule has 4 N–H and O–H groups in total. The monoisotopic (exact) mass is 212 g/mol. The number of nitrogens with zero attached hydrogens (tertiary/aromatic N) is 1. The SMILES string of the molecule is COCCC(N)C(=O)NCc1ncc[nH]1. The molecule has 1 aromatic heterocycles. The highest BCUT2D eigenvalue weighted by Gasteiger charge is 2.12. The quantitative estimate of drug-likeness (QED) is 0.586. The smallest absolute Gasteiger partial charge is 0.237 e. The number of carbonyl (C=O) groups excluding carboxylic acids is 1. The highest BCUT2D eigenvalue weighted by Crippen LogP contribution is 1.91. The summed E-state index contributed by atoms with van der Waals surface area (Å²) in [6, 6.07) is -0.528. The lowest BCUT2D eigenvalue weighted by atomic mass is 10.2. The molecule has 0 aliphatic heterocycles. The summed E-state index contributed by atoms with van der Waals surface area (Å²) in [5.41, 5.74) is 5.62. The summed E-state index contributed by atoms with van der Waals surface area (Å²) >= 11 is 0. The van der Waals surface area contributed by atoms with Crippen LogP contribution >= 0.6 is 0 Å². The van der Waals surface area contributed by atoms with E-state index < -0.39 is 6.04 Å². The molecule has 1 heterocycles. The highest BCUT2D eigenvalue weighted by atomic mass is 16.5. The van der Waals surface area contributed by atoms with Crippen LogP contribution in [0.4, 0.5) is 0 Å². The number of rotatable bonds is 6. The van der Waals surface area contributed by atoms with Crippen molar-refractivity contribution in [1.82, 2.24) is 15.3 Å². The number of aromatic amines is 1. The molecule has 0 aliphatic rings. The standard InChI is InChI=1S/C9H16N4O2/c1-15-5-2-7(10)9(14)13-6-8-11-3-4-12-8/h3-4,7H,2,5-6,10H2,1H3,(H,11,12)(H,13,14). The molecule has 1 atom stereocenters. The minimum atomic E-state index is -0.528. The second-order valence-corrected chi connectivity index (χ2v) is 3.14. The summed E-state index contributed by atoms with van der Waals surface area (Å²) in [5, 5.41) is 2.68. The summed E-state index contributed by atoms with van der Waals surface area (Å²) in [6.45, 7) is 0.849. The Balaban J connectivity index is 2.23. The maximum absolute atomic E-state index is 11.4. The van der Waals surface area contributed by atoms with E-state index in [4.69, 9.17) is 10.5 Å². The van der Waals surface area contributed by atoms with Gasteiger partial charge in [-0.2, -0.15) is 0 Å². The van der Waals surface area contributed by atoms with Crippen molar-refractivity contribution in [1.29, 1.82) is 0 Å². The van der Waals surface area contributed by atoms with Gasteiger partial charge >= 0.3 is 0 Å². The molecule has 6 heteroatoms. The largest absolute Gasteiger partial charge is 0.385 e. The van der Waals surface area contributed by atoms with Crippen molar-refractivity contribution in [2.24, 2.45) is 5.73 Å². The molecular formula is C9H16N4O2. The highest BCUT2D eigenvalue weighted by molar-refractivity contribution is 5.81. The summed E-state index contributed by atoms with van der Waals surface area (Å²) in [7, 11) is 1.58. The van der Waals surface area contributed by atoms with E-state index in [1.165, 1.54) is 0 Å². The fraction of sp³-hybridized carbons (Fsp3) is 0.556. The molecule has 1 amide bonds. The van der Waals surface area contributed by atoms with Gasteiger partial charge in [-0.15, -0.1) is 0 Å². The van der Waals surface area contributed by atoms with Crippen molar-refractivity contribution in [2.75, 3.05) is 13.7 Å². The molecule has 84 valence electrons. The van der Waals surface area contributed by atoms with Crippen LogP contribution in [-0.2, 0) is 16.1 Å². The maximum atomic E-state index is 11.4. The number of hydrogen-bond donors (Lipinski definition) is 3. The Kier molecular flexibility index (Phi) is 4.79. The molecule has 0 radical (unpaired) electrons. The first kappa shape index (κ1) is 11.7. The van der Waals surface area contributed by atoms with Crippen LogP contribution in [0.3, 0.4) is 0 Å². The number of aromatic nitrogens is 2. The molecule has 0 spiro atoms. The second-order valence-electron chi connectivity index (χ2n) is 3.14. The first-order valence-corrected chi connectivity index (χ1v) is 4.74. The van der Waals surface area contributed by atoms with E-state index in [2.05, 4.69) is 15.3 Å². The van der Waals surface area contributed by atoms with Crippen molar-refractivity contribution in [3.63, 3.8) is 0 Å². The summed E-state index contributed by atoms with van der Waals surface area (Å²) < 4.78 is 4.83. The molecular weight excluding hydrogens is 196 g/mol. The molecule has 1 unspecified atom stereocenters. The number of carbonyl (C=O) groups is 1.